The highest BCUT2D eigenvalue weighted by Crippen LogP contribution is 2.41. The van der Waals surface area contributed by atoms with Gasteiger partial charge in [-0.25, -0.2) is 4.68 Å². The van der Waals surface area contributed by atoms with Crippen LogP contribution in [0.4, 0.5) is 11.6 Å². The second kappa shape index (κ2) is 9.18. The summed E-state index contributed by atoms with van der Waals surface area (Å²) in [5, 5.41) is 11.6. The molecule has 0 spiro atoms. The van der Waals surface area contributed by atoms with Crippen molar-refractivity contribution >= 4 is 29.1 Å². The second-order valence-electron chi connectivity index (χ2n) is 8.52. The number of carbonyl (C=O) groups excluding carboxylic acids is 1. The van der Waals surface area contributed by atoms with Gasteiger partial charge in [0.15, 0.2) is 17.3 Å². The molecule has 0 bridgehead atoms. The Hall–Kier alpha value is -4.50. The number of benzene rings is 3. The number of ether oxygens (including phenoxy) is 3. The summed E-state index contributed by atoms with van der Waals surface area (Å²) in [4.78, 5) is 18.5. The first kappa shape index (κ1) is 22.9. The summed E-state index contributed by atoms with van der Waals surface area (Å²) >= 11 is 6.44. The third-order valence-corrected chi connectivity index (χ3v) is 6.61. The Kier molecular flexibility index (Phi) is 5.69. The molecule has 0 saturated carbocycles. The molecule has 0 fully saturated rings. The minimum Gasteiger partial charge on any atom is -0.495 e. The number of hydrogen-bond acceptors (Lipinski definition) is 7. The van der Waals surface area contributed by atoms with Crippen molar-refractivity contribution in [2.75, 3.05) is 24.5 Å². The fraction of sp³-hybridized carbons (Fsp3) is 0.148. The summed E-state index contributed by atoms with van der Waals surface area (Å²) in [6.07, 6.45) is 0. The predicted octanol–water partition coefficient (Wildman–Crippen LogP) is 5.26. The number of halogens is 1. The molecule has 1 unspecified atom stereocenters. The zero-order valence-corrected chi connectivity index (χ0v) is 20.7. The molecule has 1 atom stereocenters. The summed E-state index contributed by atoms with van der Waals surface area (Å²) in [7, 11) is 1.56. The molecule has 10 heteroatoms. The monoisotopic (exact) mass is 515 g/mol. The van der Waals surface area contributed by atoms with Crippen molar-refractivity contribution in [3.05, 3.63) is 88.6 Å². The van der Waals surface area contributed by atoms with Crippen LogP contribution in [0.3, 0.4) is 0 Å². The van der Waals surface area contributed by atoms with Crippen molar-refractivity contribution in [1.82, 2.24) is 14.8 Å². The maximum Gasteiger partial charge on any atom is 0.255 e. The van der Waals surface area contributed by atoms with Crippen LogP contribution in [-0.4, -0.2) is 34.6 Å². The highest BCUT2D eigenvalue weighted by atomic mass is 35.5. The van der Waals surface area contributed by atoms with Crippen molar-refractivity contribution in [2.24, 2.45) is 0 Å². The van der Waals surface area contributed by atoms with E-state index in [0.29, 0.717) is 56.6 Å². The van der Waals surface area contributed by atoms with Crippen LogP contribution in [0.1, 0.15) is 18.5 Å². The lowest BCUT2D eigenvalue weighted by atomic mass is 9.94. The fourth-order valence-corrected chi connectivity index (χ4v) is 4.75. The van der Waals surface area contributed by atoms with E-state index in [2.05, 4.69) is 10.6 Å². The van der Waals surface area contributed by atoms with Gasteiger partial charge in [-0.3, -0.25) is 4.79 Å². The van der Waals surface area contributed by atoms with E-state index in [-0.39, 0.29) is 12.7 Å². The molecule has 0 radical (unpaired) electrons. The van der Waals surface area contributed by atoms with Gasteiger partial charge in [0.1, 0.15) is 11.8 Å². The van der Waals surface area contributed by atoms with Crippen molar-refractivity contribution in [3.8, 4) is 28.6 Å². The molecule has 2 aliphatic rings. The first-order valence-electron chi connectivity index (χ1n) is 11.6. The second-order valence-corrected chi connectivity index (χ2v) is 8.92. The maximum atomic E-state index is 13.8. The van der Waals surface area contributed by atoms with Crippen molar-refractivity contribution in [2.45, 2.75) is 13.0 Å². The van der Waals surface area contributed by atoms with Gasteiger partial charge in [0.05, 0.1) is 23.4 Å². The van der Waals surface area contributed by atoms with Crippen molar-refractivity contribution in [1.29, 1.82) is 0 Å². The molecule has 0 saturated heterocycles. The number of anilines is 2. The lowest BCUT2D eigenvalue weighted by Crippen LogP contribution is -2.31. The van der Waals surface area contributed by atoms with Crippen LogP contribution >= 0.6 is 11.6 Å². The molecule has 3 heterocycles. The van der Waals surface area contributed by atoms with E-state index in [4.69, 9.17) is 35.9 Å². The molecular formula is C27H22ClN5O4. The summed E-state index contributed by atoms with van der Waals surface area (Å²) < 4.78 is 18.2. The number of methoxy groups -OCH3 is 1. The standard InChI is InChI=1S/C27H22ClN5O4/c1-15-23(26(34)30-19-9-5-6-10-20(19)35-2)24(16-11-12-21-22(13-16)37-14-36-21)33-27(29-15)31-25(32-33)17-7-3-4-8-18(17)28/h3-13,24H,14H2,1-2H3,(H,30,34)(H,29,31,32). The Bertz CT molecular complexity index is 1560. The van der Waals surface area contributed by atoms with Crippen LogP contribution in [0.15, 0.2) is 78.0 Å². The molecule has 4 aromatic rings. The average Bonchev–Trinajstić information content (AvgIpc) is 3.54. The zero-order chi connectivity index (χ0) is 25.5. The molecule has 1 amide bonds. The molecule has 186 valence electrons. The number of para-hydroxylation sites is 2. The van der Waals surface area contributed by atoms with Crippen molar-refractivity contribution < 1.29 is 19.0 Å². The van der Waals surface area contributed by atoms with Gasteiger partial charge >= 0.3 is 0 Å². The van der Waals surface area contributed by atoms with Gasteiger partial charge in [0.25, 0.3) is 5.91 Å². The summed E-state index contributed by atoms with van der Waals surface area (Å²) in [5.41, 5.74) is 3.14. The number of aromatic nitrogens is 3. The van der Waals surface area contributed by atoms with Crippen LogP contribution in [0.5, 0.6) is 17.2 Å². The number of carbonyl (C=O) groups is 1. The lowest BCUT2D eigenvalue weighted by Gasteiger charge is -2.29. The summed E-state index contributed by atoms with van der Waals surface area (Å²) in [6, 6.07) is 19.6. The Morgan fingerprint density at radius 1 is 1.11 bits per heavy atom. The third-order valence-electron chi connectivity index (χ3n) is 6.28. The first-order valence-corrected chi connectivity index (χ1v) is 11.9. The Labute approximate surface area is 217 Å². The number of fused-ring (bicyclic) bond motifs is 2. The van der Waals surface area contributed by atoms with Crippen LogP contribution in [0, 0.1) is 0 Å². The predicted molar refractivity (Wildman–Crippen MR) is 139 cm³/mol. The molecule has 9 nitrogen and oxygen atoms in total. The zero-order valence-electron chi connectivity index (χ0n) is 20.0. The van der Waals surface area contributed by atoms with Gasteiger partial charge in [-0.2, -0.15) is 4.98 Å². The quantitative estimate of drug-likeness (QED) is 0.374. The van der Waals surface area contributed by atoms with E-state index in [0.717, 1.165) is 5.56 Å². The fourth-order valence-electron chi connectivity index (χ4n) is 4.53. The molecule has 3 aromatic carbocycles. The molecule has 6 rings (SSSR count). The number of hydrogen-bond donors (Lipinski definition) is 2. The lowest BCUT2D eigenvalue weighted by molar-refractivity contribution is -0.113. The van der Waals surface area contributed by atoms with Crippen molar-refractivity contribution in [3.63, 3.8) is 0 Å². The highest BCUT2D eigenvalue weighted by Gasteiger charge is 2.35. The van der Waals surface area contributed by atoms with Crippen LogP contribution in [0.25, 0.3) is 11.4 Å². The van der Waals surface area contributed by atoms with Gasteiger partial charge in [-0.1, -0.05) is 41.9 Å². The van der Waals surface area contributed by atoms with E-state index in [1.165, 1.54) is 0 Å². The average molecular weight is 516 g/mol. The third kappa shape index (κ3) is 4.03. The summed E-state index contributed by atoms with van der Waals surface area (Å²) in [6.45, 7) is 1.98. The normalized spacial score (nSPS) is 15.7. The smallest absolute Gasteiger partial charge is 0.255 e. The van der Waals surface area contributed by atoms with Gasteiger partial charge in [-0.15, -0.1) is 5.10 Å². The van der Waals surface area contributed by atoms with E-state index >= 15 is 0 Å². The first-order chi connectivity index (χ1) is 18.0. The maximum absolute atomic E-state index is 13.8. The number of rotatable bonds is 5. The topological polar surface area (TPSA) is 99.5 Å². The molecule has 2 aliphatic heterocycles. The Morgan fingerprint density at radius 2 is 1.89 bits per heavy atom. The summed E-state index contributed by atoms with van der Waals surface area (Å²) in [5.74, 6) is 2.43. The van der Waals surface area contributed by atoms with Gasteiger partial charge in [0.2, 0.25) is 12.7 Å². The van der Waals surface area contributed by atoms with Gasteiger partial charge < -0.3 is 24.8 Å². The SMILES string of the molecule is COc1ccccc1NC(=O)C1=C(C)Nc2nc(-c3ccccc3Cl)nn2C1c1ccc2c(c1)OCO2. The molecular weight excluding hydrogens is 494 g/mol. The van der Waals surface area contributed by atoms with E-state index in [1.807, 2.05) is 55.5 Å². The van der Waals surface area contributed by atoms with E-state index < -0.39 is 6.04 Å². The van der Waals surface area contributed by atoms with E-state index in [9.17, 15) is 4.79 Å². The van der Waals surface area contributed by atoms with Crippen LogP contribution in [0.2, 0.25) is 5.02 Å². The number of amides is 1. The minimum atomic E-state index is -0.607. The Morgan fingerprint density at radius 3 is 2.73 bits per heavy atom. The highest BCUT2D eigenvalue weighted by molar-refractivity contribution is 6.33. The largest absolute Gasteiger partial charge is 0.495 e. The minimum absolute atomic E-state index is 0.145. The van der Waals surface area contributed by atoms with Gasteiger partial charge in [0, 0.05) is 11.3 Å². The number of nitrogens with zero attached hydrogens (tertiary/aromatic N) is 3. The molecule has 37 heavy (non-hydrogen) atoms. The molecule has 1 aromatic heterocycles. The van der Waals surface area contributed by atoms with Crippen LogP contribution < -0.4 is 24.8 Å². The molecule has 2 N–H and O–H groups in total. The Balaban J connectivity index is 1.47. The van der Waals surface area contributed by atoms with Gasteiger partial charge in [-0.05, 0) is 48.9 Å². The number of allylic oxidation sites excluding steroid dienone is 1. The van der Waals surface area contributed by atoms with E-state index in [1.54, 1.807) is 30.0 Å². The van der Waals surface area contributed by atoms with Crippen LogP contribution in [-0.2, 0) is 4.79 Å². The number of nitrogens with one attached hydrogen (secondary N) is 2. The molecule has 0 aliphatic carbocycles.